The first-order chi connectivity index (χ1) is 10.3. The third-order valence-electron chi connectivity index (χ3n) is 4.55. The predicted molar refractivity (Wildman–Crippen MR) is 82.2 cm³/mol. The van der Waals surface area contributed by atoms with Crippen LogP contribution in [0.3, 0.4) is 0 Å². The van der Waals surface area contributed by atoms with Crippen LogP contribution in [0.25, 0.3) is 5.57 Å². The van der Waals surface area contributed by atoms with Crippen LogP contribution in [0.2, 0.25) is 0 Å². The molecule has 112 valence electrons. The minimum atomic E-state index is -0.267. The maximum Gasteiger partial charge on any atom is 0.330 e. The van der Waals surface area contributed by atoms with E-state index >= 15 is 0 Å². The fraction of sp³-hybridized carbons (Fsp3) is 0.500. The molecule has 1 fully saturated rings. The van der Waals surface area contributed by atoms with Crippen LogP contribution < -0.4 is 4.74 Å². The van der Waals surface area contributed by atoms with E-state index in [1.165, 1.54) is 31.9 Å². The number of carbonyl (C=O) groups is 1. The number of benzene rings is 1. The number of methoxy groups -OCH3 is 1. The first-order valence-electron chi connectivity index (χ1n) is 7.83. The molecule has 0 bridgehead atoms. The van der Waals surface area contributed by atoms with Crippen molar-refractivity contribution in [2.24, 2.45) is 5.92 Å². The fourth-order valence-electron chi connectivity index (χ4n) is 3.38. The summed E-state index contributed by atoms with van der Waals surface area (Å²) < 4.78 is 10.5. The maximum absolute atomic E-state index is 11.7. The van der Waals surface area contributed by atoms with Crippen molar-refractivity contribution in [2.45, 2.75) is 38.5 Å². The van der Waals surface area contributed by atoms with Crippen molar-refractivity contribution < 1.29 is 14.3 Å². The first-order valence-corrected chi connectivity index (χ1v) is 7.83. The zero-order chi connectivity index (χ0) is 14.7. The lowest BCUT2D eigenvalue weighted by molar-refractivity contribution is -0.134. The van der Waals surface area contributed by atoms with Crippen LogP contribution in [0.5, 0.6) is 5.75 Å². The molecule has 0 N–H and O–H groups in total. The largest absolute Gasteiger partial charge is 0.493 e. The van der Waals surface area contributed by atoms with Gasteiger partial charge in [-0.25, -0.2) is 4.79 Å². The Hall–Kier alpha value is -1.77. The van der Waals surface area contributed by atoms with Crippen molar-refractivity contribution in [1.82, 2.24) is 0 Å². The summed E-state index contributed by atoms with van der Waals surface area (Å²) in [7, 11) is 1.43. The molecule has 2 aliphatic rings. The smallest absolute Gasteiger partial charge is 0.330 e. The lowest BCUT2D eigenvalue weighted by Gasteiger charge is -2.25. The molecular weight excluding hydrogens is 264 g/mol. The van der Waals surface area contributed by atoms with Gasteiger partial charge in [-0.2, -0.15) is 0 Å². The molecule has 0 unspecified atom stereocenters. The summed E-state index contributed by atoms with van der Waals surface area (Å²) in [6, 6.07) is 6.34. The normalized spacial score (nSPS) is 19.0. The van der Waals surface area contributed by atoms with Crippen molar-refractivity contribution >= 4 is 11.5 Å². The molecule has 0 saturated heterocycles. The summed E-state index contributed by atoms with van der Waals surface area (Å²) in [4.78, 5) is 11.7. The molecule has 0 spiro atoms. The second-order valence-corrected chi connectivity index (χ2v) is 5.88. The van der Waals surface area contributed by atoms with Crippen LogP contribution in [0.1, 0.15) is 43.2 Å². The third kappa shape index (κ3) is 3.12. The quantitative estimate of drug-likeness (QED) is 0.627. The zero-order valence-corrected chi connectivity index (χ0v) is 12.6. The number of carbonyl (C=O) groups excluding carboxylic acids is 1. The SMILES string of the molecule is COC(=O)C=C(c1ccc2c(c1)OCC2)C1CCCCC1. The summed E-state index contributed by atoms with van der Waals surface area (Å²) in [6.07, 6.45) is 8.74. The molecule has 0 radical (unpaired) electrons. The molecule has 21 heavy (non-hydrogen) atoms. The lowest BCUT2D eigenvalue weighted by atomic mass is 9.80. The van der Waals surface area contributed by atoms with Gasteiger partial charge in [0.1, 0.15) is 5.75 Å². The second-order valence-electron chi connectivity index (χ2n) is 5.88. The monoisotopic (exact) mass is 286 g/mol. The molecule has 0 amide bonds. The van der Waals surface area contributed by atoms with Crippen molar-refractivity contribution in [1.29, 1.82) is 0 Å². The highest BCUT2D eigenvalue weighted by molar-refractivity contribution is 5.92. The van der Waals surface area contributed by atoms with Gasteiger partial charge in [-0.3, -0.25) is 0 Å². The van der Waals surface area contributed by atoms with Crippen molar-refractivity contribution in [2.75, 3.05) is 13.7 Å². The van der Waals surface area contributed by atoms with Crippen LogP contribution in [0.15, 0.2) is 24.3 Å². The minimum Gasteiger partial charge on any atom is -0.493 e. The number of ether oxygens (including phenoxy) is 2. The van der Waals surface area contributed by atoms with Crippen molar-refractivity contribution in [3.05, 3.63) is 35.4 Å². The van der Waals surface area contributed by atoms with Gasteiger partial charge in [0.25, 0.3) is 0 Å². The van der Waals surface area contributed by atoms with Crippen molar-refractivity contribution in [3.63, 3.8) is 0 Å². The lowest BCUT2D eigenvalue weighted by Crippen LogP contribution is -2.11. The molecule has 3 nitrogen and oxygen atoms in total. The Morgan fingerprint density at radius 3 is 2.86 bits per heavy atom. The van der Waals surface area contributed by atoms with Crippen molar-refractivity contribution in [3.8, 4) is 5.75 Å². The number of allylic oxidation sites excluding steroid dienone is 1. The van der Waals surface area contributed by atoms with E-state index in [2.05, 4.69) is 18.2 Å². The second kappa shape index (κ2) is 6.33. The van der Waals surface area contributed by atoms with E-state index in [0.29, 0.717) is 5.92 Å². The molecule has 1 aromatic carbocycles. The van der Waals surface area contributed by atoms with Crippen LogP contribution in [-0.2, 0) is 16.0 Å². The minimum absolute atomic E-state index is 0.267. The van der Waals surface area contributed by atoms with E-state index in [0.717, 1.165) is 42.8 Å². The molecule has 1 aliphatic carbocycles. The van der Waals surface area contributed by atoms with Crippen LogP contribution in [0, 0.1) is 5.92 Å². The number of rotatable bonds is 3. The molecular formula is C18H22O3. The van der Waals surface area contributed by atoms with E-state index in [1.807, 2.05) is 0 Å². The number of esters is 1. The summed E-state index contributed by atoms with van der Waals surface area (Å²) in [5.41, 5.74) is 3.48. The highest BCUT2D eigenvalue weighted by atomic mass is 16.5. The molecule has 0 aromatic heterocycles. The standard InChI is InChI=1S/C18H22O3/c1-20-18(19)12-16(13-5-3-2-4-6-13)15-8-7-14-9-10-21-17(14)11-15/h7-8,11-13H,2-6,9-10H2,1H3. The summed E-state index contributed by atoms with van der Waals surface area (Å²) in [5.74, 6) is 1.16. The Kier molecular flexibility index (Phi) is 4.28. The number of hydrogen-bond acceptors (Lipinski definition) is 3. The summed E-state index contributed by atoms with van der Waals surface area (Å²) in [6.45, 7) is 0.762. The molecule has 3 rings (SSSR count). The van der Waals surface area contributed by atoms with Gasteiger partial charge < -0.3 is 9.47 Å². The first kappa shape index (κ1) is 14.2. The number of hydrogen-bond donors (Lipinski definition) is 0. The molecule has 3 heteroatoms. The number of fused-ring (bicyclic) bond motifs is 1. The van der Waals surface area contributed by atoms with E-state index in [1.54, 1.807) is 6.08 Å². The molecule has 0 atom stereocenters. The van der Waals surface area contributed by atoms with E-state index in [4.69, 9.17) is 9.47 Å². The Balaban J connectivity index is 1.94. The Labute approximate surface area is 125 Å². The van der Waals surface area contributed by atoms with Gasteiger partial charge in [-0.15, -0.1) is 0 Å². The molecule has 1 aromatic rings. The van der Waals surface area contributed by atoms with Crippen LogP contribution in [-0.4, -0.2) is 19.7 Å². The summed E-state index contributed by atoms with van der Waals surface area (Å²) >= 11 is 0. The average molecular weight is 286 g/mol. The van der Waals surface area contributed by atoms with E-state index < -0.39 is 0 Å². The van der Waals surface area contributed by atoms with Gasteiger partial charge in [-0.1, -0.05) is 31.4 Å². The van der Waals surface area contributed by atoms with Gasteiger partial charge in [-0.05, 0) is 41.5 Å². The average Bonchev–Trinajstić information content (AvgIpc) is 3.00. The Morgan fingerprint density at radius 2 is 2.10 bits per heavy atom. The van der Waals surface area contributed by atoms with Crippen LogP contribution >= 0.6 is 0 Å². The van der Waals surface area contributed by atoms with E-state index in [9.17, 15) is 4.79 Å². The highest BCUT2D eigenvalue weighted by Gasteiger charge is 2.22. The Bertz CT molecular complexity index is 554. The Morgan fingerprint density at radius 1 is 1.29 bits per heavy atom. The van der Waals surface area contributed by atoms with Gasteiger partial charge in [0.2, 0.25) is 0 Å². The van der Waals surface area contributed by atoms with Crippen LogP contribution in [0.4, 0.5) is 0 Å². The molecule has 1 saturated carbocycles. The van der Waals surface area contributed by atoms with Gasteiger partial charge >= 0.3 is 5.97 Å². The summed E-state index contributed by atoms with van der Waals surface area (Å²) in [5, 5.41) is 0. The molecule has 1 aliphatic heterocycles. The maximum atomic E-state index is 11.7. The van der Waals surface area contributed by atoms with Gasteiger partial charge in [0.15, 0.2) is 0 Å². The van der Waals surface area contributed by atoms with E-state index in [-0.39, 0.29) is 5.97 Å². The topological polar surface area (TPSA) is 35.5 Å². The zero-order valence-electron chi connectivity index (χ0n) is 12.6. The molecule has 1 heterocycles. The van der Waals surface area contributed by atoms with Gasteiger partial charge in [0, 0.05) is 12.5 Å². The van der Waals surface area contributed by atoms with Gasteiger partial charge in [0.05, 0.1) is 13.7 Å². The third-order valence-corrected chi connectivity index (χ3v) is 4.55. The highest BCUT2D eigenvalue weighted by Crippen LogP contribution is 2.38. The predicted octanol–water partition coefficient (Wildman–Crippen LogP) is 3.76. The fourth-order valence-corrected chi connectivity index (χ4v) is 3.38.